The van der Waals surface area contributed by atoms with Gasteiger partial charge < -0.3 is 14.7 Å². The Hall–Kier alpha value is -2.45. The van der Waals surface area contributed by atoms with E-state index >= 15 is 0 Å². The number of ether oxygens (including phenoxy) is 1. The van der Waals surface area contributed by atoms with E-state index in [9.17, 15) is 18.3 Å². The summed E-state index contributed by atoms with van der Waals surface area (Å²) in [4.78, 5) is 18.2. The number of benzene rings is 1. The predicted molar refractivity (Wildman–Crippen MR) is 103 cm³/mol. The number of hydrogen-bond acceptors (Lipinski definition) is 6. The number of aromatic hydroxyl groups is 1. The summed E-state index contributed by atoms with van der Waals surface area (Å²) in [6.45, 7) is 1.06. The fraction of sp³-hybridized carbons (Fsp3) is 0.400. The quantitative estimate of drug-likeness (QED) is 0.817. The highest BCUT2D eigenvalue weighted by molar-refractivity contribution is 7.93. The summed E-state index contributed by atoms with van der Waals surface area (Å²) in [7, 11) is -3.29. The predicted octanol–water partition coefficient (Wildman–Crippen LogP) is 1.63. The highest BCUT2D eigenvalue weighted by Gasteiger charge is 2.62. The maximum Gasteiger partial charge on any atom is 0.254 e. The van der Waals surface area contributed by atoms with Gasteiger partial charge in [-0.2, -0.15) is 0 Å². The van der Waals surface area contributed by atoms with Crippen LogP contribution >= 0.6 is 0 Å². The number of phenolic OH excluding ortho intramolecular Hbond substituents is 1. The lowest BCUT2D eigenvalue weighted by molar-refractivity contribution is 0.0209. The van der Waals surface area contributed by atoms with Crippen LogP contribution in [0.5, 0.6) is 5.75 Å². The maximum atomic E-state index is 12.7. The molecule has 1 N–H and O–H groups in total. The number of sulfone groups is 1. The van der Waals surface area contributed by atoms with E-state index in [4.69, 9.17) is 4.74 Å². The van der Waals surface area contributed by atoms with Crippen LogP contribution in [-0.4, -0.2) is 59.5 Å². The molecule has 2 saturated heterocycles. The summed E-state index contributed by atoms with van der Waals surface area (Å²) in [6.07, 6.45) is 3.96. The van der Waals surface area contributed by atoms with Crippen LogP contribution < -0.4 is 0 Å². The number of pyridine rings is 1. The fourth-order valence-electron chi connectivity index (χ4n) is 4.08. The molecule has 1 aromatic heterocycles. The molecule has 1 atom stereocenters. The highest BCUT2D eigenvalue weighted by Crippen LogP contribution is 2.45. The van der Waals surface area contributed by atoms with Gasteiger partial charge in [-0.3, -0.25) is 9.78 Å². The van der Waals surface area contributed by atoms with E-state index < -0.39 is 14.6 Å². The van der Waals surface area contributed by atoms with Crippen molar-refractivity contribution in [1.82, 2.24) is 9.88 Å². The second-order valence-corrected chi connectivity index (χ2v) is 9.91. The monoisotopic (exact) mass is 402 g/mol. The number of rotatable bonds is 5. The first-order valence-electron chi connectivity index (χ1n) is 9.18. The molecule has 2 aromatic rings. The summed E-state index contributed by atoms with van der Waals surface area (Å²) in [5.41, 5.74) is 1.29. The standard InChI is InChI=1S/C20H22N2O5S/c23-18-5-1-4-16(9-18)19(24)22-13-20(14-22)17(6-8-28(20,25)26)12-27-11-15-3-2-7-21-10-15/h1-5,7,9-10,17,23H,6,8,11-14H2/t17-/m1/s1. The molecule has 148 valence electrons. The minimum absolute atomic E-state index is 0.0104. The number of nitrogens with zero attached hydrogens (tertiary/aromatic N) is 2. The Balaban J connectivity index is 1.42. The van der Waals surface area contributed by atoms with Crippen molar-refractivity contribution in [3.63, 3.8) is 0 Å². The van der Waals surface area contributed by atoms with E-state index in [1.165, 1.54) is 17.0 Å². The zero-order chi connectivity index (χ0) is 19.8. The first-order valence-corrected chi connectivity index (χ1v) is 10.8. The average Bonchev–Trinajstić information content (AvgIpc) is 2.91. The van der Waals surface area contributed by atoms with Gasteiger partial charge in [0.1, 0.15) is 10.5 Å². The Morgan fingerprint density at radius 1 is 1.29 bits per heavy atom. The molecule has 2 fully saturated rings. The molecule has 2 aliphatic heterocycles. The Labute approximate surface area is 163 Å². The SMILES string of the molecule is O=C(c1cccc(O)c1)N1CC2(C1)[C@@H](COCc1cccnc1)CCS2(=O)=O. The number of carbonyl (C=O) groups is 1. The van der Waals surface area contributed by atoms with Crippen LogP contribution in [-0.2, 0) is 21.2 Å². The third-order valence-electron chi connectivity index (χ3n) is 5.71. The van der Waals surface area contributed by atoms with Gasteiger partial charge in [0.05, 0.1) is 19.0 Å². The van der Waals surface area contributed by atoms with Crippen molar-refractivity contribution in [2.75, 3.05) is 25.4 Å². The van der Waals surface area contributed by atoms with Crippen LogP contribution in [0.2, 0.25) is 0 Å². The second-order valence-electron chi connectivity index (χ2n) is 7.46. The summed E-state index contributed by atoms with van der Waals surface area (Å²) < 4.78 is 30.3. The Bertz CT molecular complexity index is 971. The van der Waals surface area contributed by atoms with Crippen LogP contribution in [0.15, 0.2) is 48.8 Å². The normalized spacial score (nSPS) is 22.1. The highest BCUT2D eigenvalue weighted by atomic mass is 32.2. The summed E-state index contributed by atoms with van der Waals surface area (Å²) in [5, 5.41) is 9.57. The van der Waals surface area contributed by atoms with Gasteiger partial charge in [-0.05, 0) is 36.2 Å². The third-order valence-corrected chi connectivity index (χ3v) is 8.31. The molecule has 0 saturated carbocycles. The van der Waals surface area contributed by atoms with Crippen LogP contribution in [0.3, 0.4) is 0 Å². The van der Waals surface area contributed by atoms with Gasteiger partial charge >= 0.3 is 0 Å². The molecule has 2 aliphatic rings. The number of phenols is 1. The van der Waals surface area contributed by atoms with Crippen molar-refractivity contribution in [2.24, 2.45) is 5.92 Å². The van der Waals surface area contributed by atoms with Gasteiger partial charge in [0, 0.05) is 37.0 Å². The molecule has 0 radical (unpaired) electrons. The lowest BCUT2D eigenvalue weighted by atomic mass is 9.83. The molecule has 0 unspecified atom stereocenters. The number of amides is 1. The molecular formula is C20H22N2O5S. The van der Waals surface area contributed by atoms with Crippen molar-refractivity contribution in [3.8, 4) is 5.75 Å². The van der Waals surface area contributed by atoms with Gasteiger partial charge in [-0.25, -0.2) is 8.42 Å². The number of aromatic nitrogens is 1. The van der Waals surface area contributed by atoms with E-state index in [0.717, 1.165) is 5.56 Å². The molecule has 0 bridgehead atoms. The minimum Gasteiger partial charge on any atom is -0.508 e. The molecule has 1 amide bonds. The summed E-state index contributed by atoms with van der Waals surface area (Å²) in [6, 6.07) is 9.84. The van der Waals surface area contributed by atoms with E-state index in [-0.39, 0.29) is 36.4 Å². The molecule has 28 heavy (non-hydrogen) atoms. The van der Waals surface area contributed by atoms with Gasteiger partial charge in [0.25, 0.3) is 5.91 Å². The van der Waals surface area contributed by atoms with Gasteiger partial charge in [0.15, 0.2) is 9.84 Å². The lowest BCUT2D eigenvalue weighted by Crippen LogP contribution is -2.68. The number of likely N-dealkylation sites (tertiary alicyclic amines) is 1. The van der Waals surface area contributed by atoms with E-state index in [1.54, 1.807) is 24.5 Å². The molecule has 7 nitrogen and oxygen atoms in total. The van der Waals surface area contributed by atoms with Crippen molar-refractivity contribution in [3.05, 3.63) is 59.9 Å². The van der Waals surface area contributed by atoms with Gasteiger partial charge in [0.2, 0.25) is 0 Å². The van der Waals surface area contributed by atoms with Crippen molar-refractivity contribution < 1.29 is 23.1 Å². The molecule has 1 spiro atoms. The smallest absolute Gasteiger partial charge is 0.254 e. The number of hydrogen-bond donors (Lipinski definition) is 1. The first-order chi connectivity index (χ1) is 13.4. The fourth-order valence-corrected chi connectivity index (χ4v) is 6.48. The topological polar surface area (TPSA) is 96.8 Å². The van der Waals surface area contributed by atoms with Crippen LogP contribution in [0.4, 0.5) is 0 Å². The third kappa shape index (κ3) is 3.27. The van der Waals surface area contributed by atoms with Crippen LogP contribution in [0, 0.1) is 5.92 Å². The van der Waals surface area contributed by atoms with Crippen molar-refractivity contribution >= 4 is 15.7 Å². The van der Waals surface area contributed by atoms with E-state index in [2.05, 4.69) is 4.98 Å². The Morgan fingerprint density at radius 3 is 2.82 bits per heavy atom. The molecule has 0 aliphatic carbocycles. The average molecular weight is 402 g/mol. The summed E-state index contributed by atoms with van der Waals surface area (Å²) >= 11 is 0. The van der Waals surface area contributed by atoms with E-state index in [0.29, 0.717) is 25.2 Å². The first kappa shape index (κ1) is 18.9. The van der Waals surface area contributed by atoms with Crippen molar-refractivity contribution in [2.45, 2.75) is 17.8 Å². The zero-order valence-corrected chi connectivity index (χ0v) is 16.1. The van der Waals surface area contributed by atoms with Crippen LogP contribution in [0.1, 0.15) is 22.3 Å². The lowest BCUT2D eigenvalue weighted by Gasteiger charge is -2.49. The minimum atomic E-state index is -3.29. The van der Waals surface area contributed by atoms with E-state index in [1.807, 2.05) is 12.1 Å². The molecule has 8 heteroatoms. The molecule has 1 aromatic carbocycles. The van der Waals surface area contributed by atoms with Gasteiger partial charge in [-0.15, -0.1) is 0 Å². The second kappa shape index (κ2) is 7.18. The Kier molecular flexibility index (Phi) is 4.84. The molecular weight excluding hydrogens is 380 g/mol. The Morgan fingerprint density at radius 2 is 2.11 bits per heavy atom. The van der Waals surface area contributed by atoms with Crippen LogP contribution in [0.25, 0.3) is 0 Å². The van der Waals surface area contributed by atoms with Crippen molar-refractivity contribution in [1.29, 1.82) is 0 Å². The molecule has 3 heterocycles. The number of carbonyl (C=O) groups excluding carboxylic acids is 1. The summed E-state index contributed by atoms with van der Waals surface area (Å²) in [5.74, 6) is -0.264. The van der Waals surface area contributed by atoms with Gasteiger partial charge in [-0.1, -0.05) is 12.1 Å². The zero-order valence-electron chi connectivity index (χ0n) is 15.3. The molecule has 4 rings (SSSR count). The largest absolute Gasteiger partial charge is 0.508 e. The maximum absolute atomic E-state index is 12.7.